The fourth-order valence-electron chi connectivity index (χ4n) is 2.64. The molecule has 3 rings (SSSR count). The smallest absolute Gasteiger partial charge is 0.127 e. The van der Waals surface area contributed by atoms with Crippen LogP contribution in [-0.2, 0) is 13.0 Å². The zero-order chi connectivity index (χ0) is 13.3. The summed E-state index contributed by atoms with van der Waals surface area (Å²) in [4.78, 5) is 0. The first kappa shape index (κ1) is 13.7. The second-order valence-electron chi connectivity index (χ2n) is 5.28. The third kappa shape index (κ3) is 3.10. The quantitative estimate of drug-likeness (QED) is 0.880. The normalized spacial score (nSPS) is 25.4. The molecule has 1 atom stereocenters. The Morgan fingerprint density at radius 3 is 3.16 bits per heavy atom. The summed E-state index contributed by atoms with van der Waals surface area (Å²) >= 11 is 5.38. The zero-order valence-electron chi connectivity index (χ0n) is 10.7. The Labute approximate surface area is 126 Å². The molecule has 104 valence electrons. The van der Waals surface area contributed by atoms with Gasteiger partial charge in [0.1, 0.15) is 5.75 Å². The summed E-state index contributed by atoms with van der Waals surface area (Å²) < 4.78 is 6.81. The van der Waals surface area contributed by atoms with Crippen molar-refractivity contribution in [2.45, 2.75) is 25.0 Å². The van der Waals surface area contributed by atoms with Crippen LogP contribution in [0, 0.1) is 0 Å². The van der Waals surface area contributed by atoms with Gasteiger partial charge in [-0.2, -0.15) is 11.8 Å². The summed E-state index contributed by atoms with van der Waals surface area (Å²) in [6.07, 6.45) is 1.88. The van der Waals surface area contributed by atoms with Gasteiger partial charge in [-0.1, -0.05) is 15.9 Å². The summed E-state index contributed by atoms with van der Waals surface area (Å²) in [5.74, 6) is 2.93. The lowest BCUT2D eigenvalue weighted by Crippen LogP contribution is -2.40. The Hall–Kier alpha value is -0.230. The van der Waals surface area contributed by atoms with E-state index >= 15 is 0 Å². The minimum Gasteiger partial charge on any atom is -0.493 e. The first-order valence-electron chi connectivity index (χ1n) is 6.61. The predicted molar refractivity (Wildman–Crippen MR) is 81.9 cm³/mol. The van der Waals surface area contributed by atoms with Gasteiger partial charge in [-0.25, -0.2) is 0 Å². The molecule has 0 amide bonds. The van der Waals surface area contributed by atoms with Crippen LogP contribution in [0.1, 0.15) is 17.5 Å². The van der Waals surface area contributed by atoms with Crippen molar-refractivity contribution in [1.82, 2.24) is 5.32 Å². The first-order chi connectivity index (χ1) is 9.16. The third-order valence-electron chi connectivity index (χ3n) is 3.68. The molecule has 1 aromatic carbocycles. The highest BCUT2D eigenvalue weighted by molar-refractivity contribution is 9.10. The van der Waals surface area contributed by atoms with Gasteiger partial charge < -0.3 is 15.2 Å². The van der Waals surface area contributed by atoms with E-state index in [0.717, 1.165) is 47.7 Å². The maximum atomic E-state index is 10.3. The van der Waals surface area contributed by atoms with Crippen LogP contribution in [-0.4, -0.2) is 35.4 Å². The van der Waals surface area contributed by atoms with Gasteiger partial charge in [0.25, 0.3) is 0 Å². The highest BCUT2D eigenvalue weighted by Gasteiger charge is 2.31. The highest BCUT2D eigenvalue weighted by Crippen LogP contribution is 2.33. The van der Waals surface area contributed by atoms with Crippen molar-refractivity contribution >= 4 is 27.7 Å². The van der Waals surface area contributed by atoms with Crippen LogP contribution in [0.4, 0.5) is 0 Å². The molecule has 0 spiro atoms. The fourth-order valence-corrected chi connectivity index (χ4v) is 4.49. The maximum Gasteiger partial charge on any atom is 0.127 e. The van der Waals surface area contributed by atoms with Crippen LogP contribution >= 0.6 is 27.7 Å². The average molecular weight is 344 g/mol. The Morgan fingerprint density at radius 2 is 2.37 bits per heavy atom. The Kier molecular flexibility index (Phi) is 4.08. The number of thioether (sulfide) groups is 1. The molecule has 0 aromatic heterocycles. The third-order valence-corrected chi connectivity index (χ3v) is 5.37. The Morgan fingerprint density at radius 1 is 1.47 bits per heavy atom. The van der Waals surface area contributed by atoms with Gasteiger partial charge in [-0.15, -0.1) is 0 Å². The molecular weight excluding hydrogens is 326 g/mol. The van der Waals surface area contributed by atoms with Crippen molar-refractivity contribution in [3.05, 3.63) is 27.7 Å². The number of halogens is 1. The standard InChI is InChI=1S/C14H18BrNO2S/c15-12-5-10-1-3-18-13(10)11(6-12)7-16-8-14(17)2-4-19-9-14/h5-6,16-17H,1-4,7-9H2/t14-/m1/s1. The minimum absolute atomic E-state index is 0.527. The molecule has 2 N–H and O–H groups in total. The molecule has 5 heteroatoms. The van der Waals surface area contributed by atoms with E-state index < -0.39 is 5.60 Å². The second-order valence-corrected chi connectivity index (χ2v) is 7.30. The molecule has 2 aliphatic heterocycles. The minimum atomic E-state index is -0.527. The molecule has 0 aliphatic carbocycles. The van der Waals surface area contributed by atoms with Crippen molar-refractivity contribution in [3.63, 3.8) is 0 Å². The van der Waals surface area contributed by atoms with Gasteiger partial charge in [0.2, 0.25) is 0 Å². The summed E-state index contributed by atoms with van der Waals surface area (Å²) in [7, 11) is 0. The van der Waals surface area contributed by atoms with Crippen LogP contribution in [0.25, 0.3) is 0 Å². The van der Waals surface area contributed by atoms with E-state index in [2.05, 4.69) is 33.4 Å². The molecule has 0 radical (unpaired) electrons. The Balaban J connectivity index is 1.64. The van der Waals surface area contributed by atoms with E-state index in [1.807, 2.05) is 11.8 Å². The molecule has 0 unspecified atom stereocenters. The lowest BCUT2D eigenvalue weighted by atomic mass is 10.0. The summed E-state index contributed by atoms with van der Waals surface area (Å²) in [5.41, 5.74) is 1.93. The zero-order valence-corrected chi connectivity index (χ0v) is 13.1. The van der Waals surface area contributed by atoms with Crippen molar-refractivity contribution in [3.8, 4) is 5.75 Å². The maximum absolute atomic E-state index is 10.3. The van der Waals surface area contributed by atoms with Crippen molar-refractivity contribution < 1.29 is 9.84 Å². The Bertz CT molecular complexity index is 475. The molecule has 2 heterocycles. The molecule has 0 bridgehead atoms. The SMILES string of the molecule is O[C@@]1(CNCc2cc(Br)cc3c2OCC3)CCSC1. The number of ether oxygens (including phenoxy) is 1. The van der Waals surface area contributed by atoms with Gasteiger partial charge in [0, 0.05) is 35.3 Å². The van der Waals surface area contributed by atoms with E-state index in [0.29, 0.717) is 6.54 Å². The number of hydrogen-bond donors (Lipinski definition) is 2. The van der Waals surface area contributed by atoms with E-state index in [1.165, 1.54) is 11.1 Å². The lowest BCUT2D eigenvalue weighted by molar-refractivity contribution is 0.0674. The number of fused-ring (bicyclic) bond motifs is 1. The van der Waals surface area contributed by atoms with E-state index in [-0.39, 0.29) is 0 Å². The molecule has 19 heavy (non-hydrogen) atoms. The van der Waals surface area contributed by atoms with Crippen LogP contribution in [0.2, 0.25) is 0 Å². The fraction of sp³-hybridized carbons (Fsp3) is 0.571. The number of hydrogen-bond acceptors (Lipinski definition) is 4. The average Bonchev–Trinajstić information content (AvgIpc) is 2.98. The van der Waals surface area contributed by atoms with E-state index in [4.69, 9.17) is 4.74 Å². The van der Waals surface area contributed by atoms with Gasteiger partial charge in [0.05, 0.1) is 12.2 Å². The van der Waals surface area contributed by atoms with Crippen molar-refractivity contribution in [1.29, 1.82) is 0 Å². The summed E-state index contributed by atoms with van der Waals surface area (Å²) in [6, 6.07) is 4.23. The highest BCUT2D eigenvalue weighted by atomic mass is 79.9. The van der Waals surface area contributed by atoms with Gasteiger partial charge in [0.15, 0.2) is 0 Å². The van der Waals surface area contributed by atoms with Crippen molar-refractivity contribution in [2.24, 2.45) is 0 Å². The largest absolute Gasteiger partial charge is 0.493 e. The summed E-state index contributed by atoms with van der Waals surface area (Å²) in [5, 5.41) is 13.7. The van der Waals surface area contributed by atoms with Crippen LogP contribution < -0.4 is 10.1 Å². The van der Waals surface area contributed by atoms with Crippen molar-refractivity contribution in [2.75, 3.05) is 24.7 Å². The number of aliphatic hydroxyl groups is 1. The van der Waals surface area contributed by atoms with Gasteiger partial charge >= 0.3 is 0 Å². The molecule has 1 fully saturated rings. The van der Waals surface area contributed by atoms with Gasteiger partial charge in [-0.3, -0.25) is 0 Å². The topological polar surface area (TPSA) is 41.5 Å². The second kappa shape index (κ2) is 5.64. The molecule has 3 nitrogen and oxygen atoms in total. The molecule has 0 saturated carbocycles. The van der Waals surface area contributed by atoms with Crippen LogP contribution in [0.5, 0.6) is 5.75 Å². The number of nitrogens with one attached hydrogen (secondary N) is 1. The monoisotopic (exact) mass is 343 g/mol. The number of benzene rings is 1. The van der Waals surface area contributed by atoms with Gasteiger partial charge in [-0.05, 0) is 29.9 Å². The van der Waals surface area contributed by atoms with E-state index in [1.54, 1.807) is 0 Å². The first-order valence-corrected chi connectivity index (χ1v) is 8.56. The van der Waals surface area contributed by atoms with Crippen LogP contribution in [0.3, 0.4) is 0 Å². The predicted octanol–water partition coefficient (Wildman–Crippen LogP) is 2.34. The summed E-state index contributed by atoms with van der Waals surface area (Å²) in [6.45, 7) is 2.18. The lowest BCUT2D eigenvalue weighted by Gasteiger charge is -2.22. The molecule has 1 aromatic rings. The van der Waals surface area contributed by atoms with E-state index in [9.17, 15) is 5.11 Å². The molecule has 2 aliphatic rings. The van der Waals surface area contributed by atoms with Crippen LogP contribution in [0.15, 0.2) is 16.6 Å². The molecule has 1 saturated heterocycles. The number of rotatable bonds is 4. The molecular formula is C14H18BrNO2S.